The van der Waals surface area contributed by atoms with E-state index in [0.29, 0.717) is 6.42 Å². The zero-order valence-electron chi connectivity index (χ0n) is 9.37. The van der Waals surface area contributed by atoms with Gasteiger partial charge in [-0.15, -0.1) is 0 Å². The molecule has 0 aromatic heterocycles. The molecule has 0 aromatic rings. The number of hydrogen-bond donors (Lipinski definition) is 1. The van der Waals surface area contributed by atoms with E-state index in [1.807, 2.05) is 0 Å². The summed E-state index contributed by atoms with van der Waals surface area (Å²) >= 11 is 0. The zero-order chi connectivity index (χ0) is 10.7. The van der Waals surface area contributed by atoms with Gasteiger partial charge in [0.15, 0.2) is 0 Å². The molecule has 0 spiro atoms. The number of methoxy groups -OCH3 is 1. The minimum Gasteiger partial charge on any atom is -0.469 e. The summed E-state index contributed by atoms with van der Waals surface area (Å²) < 4.78 is 4.62. The zero-order valence-corrected chi connectivity index (χ0v) is 9.37. The van der Waals surface area contributed by atoms with Crippen LogP contribution in [0.4, 0.5) is 0 Å². The standard InChI is InChI=1S/C11H20N2O2/c1-15-11(14)3-2-4-13-7-9-5-12-6-10(9)8-13/h9-10,12H,2-8H2,1H3/t9-,10+. The summed E-state index contributed by atoms with van der Waals surface area (Å²) in [5.74, 6) is 1.61. The Labute approximate surface area is 91.0 Å². The van der Waals surface area contributed by atoms with Crippen molar-refractivity contribution in [3.8, 4) is 0 Å². The topological polar surface area (TPSA) is 41.6 Å². The highest BCUT2D eigenvalue weighted by atomic mass is 16.5. The van der Waals surface area contributed by atoms with Crippen molar-refractivity contribution in [3.63, 3.8) is 0 Å². The Morgan fingerprint density at radius 1 is 1.40 bits per heavy atom. The Hall–Kier alpha value is -0.610. The van der Waals surface area contributed by atoms with Crippen molar-refractivity contribution in [1.82, 2.24) is 10.2 Å². The van der Waals surface area contributed by atoms with Crippen molar-refractivity contribution >= 4 is 5.97 Å². The molecule has 15 heavy (non-hydrogen) atoms. The lowest BCUT2D eigenvalue weighted by Crippen LogP contribution is -2.27. The maximum atomic E-state index is 10.9. The molecular weight excluding hydrogens is 192 g/mol. The third-order valence-electron chi connectivity index (χ3n) is 3.55. The van der Waals surface area contributed by atoms with Crippen LogP contribution in [0.3, 0.4) is 0 Å². The first-order valence-corrected chi connectivity index (χ1v) is 5.79. The number of likely N-dealkylation sites (tertiary alicyclic amines) is 1. The molecule has 2 rings (SSSR count). The van der Waals surface area contributed by atoms with Gasteiger partial charge < -0.3 is 15.0 Å². The van der Waals surface area contributed by atoms with Crippen LogP contribution in [0, 0.1) is 11.8 Å². The minimum atomic E-state index is -0.0870. The van der Waals surface area contributed by atoms with Gasteiger partial charge >= 0.3 is 5.97 Å². The fourth-order valence-corrected chi connectivity index (χ4v) is 2.68. The van der Waals surface area contributed by atoms with E-state index in [4.69, 9.17) is 0 Å². The van der Waals surface area contributed by atoms with Crippen molar-refractivity contribution in [1.29, 1.82) is 0 Å². The van der Waals surface area contributed by atoms with Gasteiger partial charge in [0.25, 0.3) is 0 Å². The highest BCUT2D eigenvalue weighted by Crippen LogP contribution is 2.26. The summed E-state index contributed by atoms with van der Waals surface area (Å²) in [6.45, 7) is 5.82. The van der Waals surface area contributed by atoms with Gasteiger partial charge in [-0.1, -0.05) is 0 Å². The molecule has 0 saturated carbocycles. The van der Waals surface area contributed by atoms with Crippen LogP contribution in [0.5, 0.6) is 0 Å². The number of carbonyl (C=O) groups excluding carboxylic acids is 1. The van der Waals surface area contributed by atoms with E-state index in [0.717, 1.165) is 24.8 Å². The first kappa shape index (κ1) is 10.9. The number of fused-ring (bicyclic) bond motifs is 1. The number of rotatable bonds is 4. The molecule has 2 aliphatic rings. The van der Waals surface area contributed by atoms with E-state index in [-0.39, 0.29) is 5.97 Å². The van der Waals surface area contributed by atoms with Gasteiger partial charge in [-0.05, 0) is 37.9 Å². The van der Waals surface area contributed by atoms with Crippen LogP contribution in [0.1, 0.15) is 12.8 Å². The van der Waals surface area contributed by atoms with Gasteiger partial charge in [-0.2, -0.15) is 0 Å². The lowest BCUT2D eigenvalue weighted by atomic mass is 10.0. The average molecular weight is 212 g/mol. The van der Waals surface area contributed by atoms with Crippen molar-refractivity contribution in [3.05, 3.63) is 0 Å². The van der Waals surface area contributed by atoms with Gasteiger partial charge in [-0.25, -0.2) is 0 Å². The smallest absolute Gasteiger partial charge is 0.305 e. The summed E-state index contributed by atoms with van der Waals surface area (Å²) in [6.07, 6.45) is 1.49. The van der Waals surface area contributed by atoms with Gasteiger partial charge in [0.1, 0.15) is 0 Å². The Balaban J connectivity index is 1.63. The molecule has 2 heterocycles. The van der Waals surface area contributed by atoms with E-state index >= 15 is 0 Å². The third kappa shape index (κ3) is 2.69. The molecule has 0 aliphatic carbocycles. The molecular formula is C11H20N2O2. The SMILES string of the molecule is COC(=O)CCCN1C[C@H]2CNC[C@H]2C1. The van der Waals surface area contributed by atoms with Crippen LogP contribution in [0.25, 0.3) is 0 Å². The molecule has 4 heteroatoms. The fraction of sp³-hybridized carbons (Fsp3) is 0.909. The predicted octanol–water partition coefficient (Wildman–Crippen LogP) is 0.0908. The van der Waals surface area contributed by atoms with E-state index < -0.39 is 0 Å². The maximum absolute atomic E-state index is 10.9. The van der Waals surface area contributed by atoms with Crippen LogP contribution in [-0.2, 0) is 9.53 Å². The summed E-state index contributed by atoms with van der Waals surface area (Å²) in [5, 5.41) is 3.43. The summed E-state index contributed by atoms with van der Waals surface area (Å²) in [6, 6.07) is 0. The summed E-state index contributed by atoms with van der Waals surface area (Å²) in [4.78, 5) is 13.4. The van der Waals surface area contributed by atoms with Crippen LogP contribution in [-0.4, -0.2) is 50.7 Å². The second-order valence-electron chi connectivity index (χ2n) is 4.62. The molecule has 0 radical (unpaired) electrons. The molecule has 0 unspecified atom stereocenters. The van der Waals surface area contributed by atoms with Gasteiger partial charge in [0.2, 0.25) is 0 Å². The number of nitrogens with zero attached hydrogens (tertiary/aromatic N) is 1. The van der Waals surface area contributed by atoms with Crippen LogP contribution < -0.4 is 5.32 Å². The first-order valence-electron chi connectivity index (χ1n) is 5.79. The summed E-state index contributed by atoms with van der Waals surface area (Å²) in [5.41, 5.74) is 0. The van der Waals surface area contributed by atoms with Gasteiger partial charge in [-0.3, -0.25) is 4.79 Å². The van der Waals surface area contributed by atoms with E-state index in [1.54, 1.807) is 0 Å². The highest BCUT2D eigenvalue weighted by molar-refractivity contribution is 5.69. The van der Waals surface area contributed by atoms with E-state index in [1.165, 1.54) is 33.3 Å². The van der Waals surface area contributed by atoms with E-state index in [9.17, 15) is 4.79 Å². The molecule has 2 aliphatic heterocycles. The van der Waals surface area contributed by atoms with Crippen molar-refractivity contribution in [2.24, 2.45) is 11.8 Å². The van der Waals surface area contributed by atoms with Gasteiger partial charge in [0, 0.05) is 19.5 Å². The molecule has 86 valence electrons. The largest absolute Gasteiger partial charge is 0.469 e. The quantitative estimate of drug-likeness (QED) is 0.671. The van der Waals surface area contributed by atoms with Crippen LogP contribution >= 0.6 is 0 Å². The second kappa shape index (κ2) is 4.94. The fourth-order valence-electron chi connectivity index (χ4n) is 2.68. The molecule has 2 fully saturated rings. The molecule has 1 N–H and O–H groups in total. The second-order valence-corrected chi connectivity index (χ2v) is 4.62. The van der Waals surface area contributed by atoms with Crippen molar-refractivity contribution < 1.29 is 9.53 Å². The molecule has 4 nitrogen and oxygen atoms in total. The maximum Gasteiger partial charge on any atom is 0.305 e. The van der Waals surface area contributed by atoms with Crippen LogP contribution in [0.2, 0.25) is 0 Å². The molecule has 0 amide bonds. The monoisotopic (exact) mass is 212 g/mol. The number of hydrogen-bond acceptors (Lipinski definition) is 4. The highest BCUT2D eigenvalue weighted by Gasteiger charge is 2.35. The van der Waals surface area contributed by atoms with E-state index in [2.05, 4.69) is 15.0 Å². The number of nitrogens with one attached hydrogen (secondary N) is 1. The predicted molar refractivity (Wildman–Crippen MR) is 57.5 cm³/mol. The van der Waals surface area contributed by atoms with Gasteiger partial charge in [0.05, 0.1) is 7.11 Å². The molecule has 0 aromatic carbocycles. The Morgan fingerprint density at radius 2 is 2.07 bits per heavy atom. The average Bonchev–Trinajstić information content (AvgIpc) is 2.77. The lowest BCUT2D eigenvalue weighted by molar-refractivity contribution is -0.140. The minimum absolute atomic E-state index is 0.0870. The normalized spacial score (nSPS) is 30.5. The Kier molecular flexibility index (Phi) is 3.59. The molecule has 2 saturated heterocycles. The first-order chi connectivity index (χ1) is 7.29. The Bertz CT molecular complexity index is 221. The van der Waals surface area contributed by atoms with Crippen molar-refractivity contribution in [2.45, 2.75) is 12.8 Å². The molecule has 2 atom stereocenters. The number of ether oxygens (including phenoxy) is 1. The number of esters is 1. The van der Waals surface area contributed by atoms with Crippen molar-refractivity contribution in [2.75, 3.05) is 39.8 Å². The lowest BCUT2D eigenvalue weighted by Gasteiger charge is -2.16. The number of carbonyl (C=O) groups is 1. The molecule has 0 bridgehead atoms. The Morgan fingerprint density at radius 3 is 2.67 bits per heavy atom. The van der Waals surface area contributed by atoms with Crippen LogP contribution in [0.15, 0.2) is 0 Å². The summed E-state index contributed by atoms with van der Waals surface area (Å²) in [7, 11) is 1.45. The third-order valence-corrected chi connectivity index (χ3v) is 3.55.